The molecule has 0 spiro atoms. The van der Waals surface area contributed by atoms with Crippen molar-refractivity contribution in [2.45, 2.75) is 25.5 Å². The fraction of sp³-hybridized carbons (Fsp3) is 0.455. The van der Waals surface area contributed by atoms with Gasteiger partial charge in [0.2, 0.25) is 0 Å². The SMILES string of the molecule is CCCCS(=O)(=O)Cc1cccc(N)c1. The van der Waals surface area contributed by atoms with Gasteiger partial charge in [0.25, 0.3) is 0 Å². The first-order valence-corrected chi connectivity index (χ1v) is 6.90. The van der Waals surface area contributed by atoms with Crippen LogP contribution in [0, 0.1) is 0 Å². The van der Waals surface area contributed by atoms with Crippen LogP contribution < -0.4 is 5.73 Å². The summed E-state index contributed by atoms with van der Waals surface area (Å²) in [6.45, 7) is 1.98. The second kappa shape index (κ2) is 5.16. The van der Waals surface area contributed by atoms with Gasteiger partial charge in [-0.25, -0.2) is 8.42 Å². The summed E-state index contributed by atoms with van der Waals surface area (Å²) in [5.74, 6) is 0.357. The second-order valence-corrected chi connectivity index (χ2v) is 5.87. The Morgan fingerprint density at radius 1 is 1.33 bits per heavy atom. The van der Waals surface area contributed by atoms with Crippen LogP contribution in [0.4, 0.5) is 5.69 Å². The van der Waals surface area contributed by atoms with E-state index in [1.54, 1.807) is 24.3 Å². The molecule has 1 aromatic carbocycles. The molecule has 0 fully saturated rings. The van der Waals surface area contributed by atoms with E-state index >= 15 is 0 Å². The normalized spacial score (nSPS) is 11.5. The molecule has 0 unspecified atom stereocenters. The van der Waals surface area contributed by atoms with Crippen molar-refractivity contribution in [1.29, 1.82) is 0 Å². The molecule has 0 amide bonds. The van der Waals surface area contributed by atoms with E-state index in [0.717, 1.165) is 18.4 Å². The second-order valence-electron chi connectivity index (χ2n) is 3.69. The molecule has 84 valence electrons. The molecule has 3 nitrogen and oxygen atoms in total. The Kier molecular flexibility index (Phi) is 4.15. The van der Waals surface area contributed by atoms with Crippen LogP contribution in [-0.2, 0) is 15.6 Å². The average Bonchev–Trinajstić information content (AvgIpc) is 2.14. The Bertz CT molecular complexity index is 412. The Balaban J connectivity index is 2.69. The highest BCUT2D eigenvalue weighted by Gasteiger charge is 2.10. The summed E-state index contributed by atoms with van der Waals surface area (Å²) in [5.41, 5.74) is 6.96. The lowest BCUT2D eigenvalue weighted by Crippen LogP contribution is -2.09. The van der Waals surface area contributed by atoms with Crippen molar-refractivity contribution in [3.63, 3.8) is 0 Å². The molecule has 0 aliphatic heterocycles. The van der Waals surface area contributed by atoms with Crippen molar-refractivity contribution < 1.29 is 8.42 Å². The summed E-state index contributed by atoms with van der Waals surface area (Å²) in [4.78, 5) is 0. The summed E-state index contributed by atoms with van der Waals surface area (Å²) >= 11 is 0. The molecule has 2 N–H and O–H groups in total. The molecule has 0 aliphatic rings. The summed E-state index contributed by atoms with van der Waals surface area (Å²) in [5, 5.41) is 0. The molecular weight excluding hydrogens is 210 g/mol. The number of hydrogen-bond donors (Lipinski definition) is 1. The van der Waals surface area contributed by atoms with Gasteiger partial charge in [-0.3, -0.25) is 0 Å². The number of nitrogen functional groups attached to an aromatic ring is 1. The third-order valence-corrected chi connectivity index (χ3v) is 3.83. The highest BCUT2D eigenvalue weighted by molar-refractivity contribution is 7.90. The van der Waals surface area contributed by atoms with Crippen LogP contribution in [0.1, 0.15) is 25.3 Å². The lowest BCUT2D eigenvalue weighted by molar-refractivity contribution is 0.592. The standard InChI is InChI=1S/C11H17NO2S/c1-2-3-7-15(13,14)9-10-5-4-6-11(12)8-10/h4-6,8H,2-3,7,9,12H2,1H3. The fourth-order valence-electron chi connectivity index (χ4n) is 1.37. The molecule has 0 heterocycles. The van der Waals surface area contributed by atoms with Gasteiger partial charge in [0, 0.05) is 5.69 Å². The highest BCUT2D eigenvalue weighted by atomic mass is 32.2. The first-order chi connectivity index (χ1) is 7.03. The summed E-state index contributed by atoms with van der Waals surface area (Å²) in [6.07, 6.45) is 1.63. The van der Waals surface area contributed by atoms with Crippen LogP contribution in [0.5, 0.6) is 0 Å². The minimum atomic E-state index is -2.97. The number of hydrogen-bond acceptors (Lipinski definition) is 3. The van der Waals surface area contributed by atoms with Crippen molar-refractivity contribution >= 4 is 15.5 Å². The van der Waals surface area contributed by atoms with Crippen LogP contribution in [0.25, 0.3) is 0 Å². The Morgan fingerprint density at radius 3 is 2.67 bits per heavy atom. The molecule has 1 aromatic rings. The van der Waals surface area contributed by atoms with Gasteiger partial charge in [-0.1, -0.05) is 25.5 Å². The predicted molar refractivity (Wildman–Crippen MR) is 63.3 cm³/mol. The topological polar surface area (TPSA) is 60.2 Å². The van der Waals surface area contributed by atoms with Gasteiger partial charge in [0.15, 0.2) is 9.84 Å². The van der Waals surface area contributed by atoms with Crippen LogP contribution >= 0.6 is 0 Å². The molecular formula is C11H17NO2S. The van der Waals surface area contributed by atoms with Crippen LogP contribution in [0.2, 0.25) is 0 Å². The Morgan fingerprint density at radius 2 is 2.07 bits per heavy atom. The maximum Gasteiger partial charge on any atom is 0.154 e. The molecule has 0 atom stereocenters. The summed E-state index contributed by atoms with van der Waals surface area (Å²) in [7, 11) is -2.97. The van der Waals surface area contributed by atoms with Crippen LogP contribution in [-0.4, -0.2) is 14.2 Å². The molecule has 15 heavy (non-hydrogen) atoms. The monoisotopic (exact) mass is 227 g/mol. The van der Waals surface area contributed by atoms with Gasteiger partial charge in [-0.15, -0.1) is 0 Å². The molecule has 0 bridgehead atoms. The Hall–Kier alpha value is -1.03. The minimum Gasteiger partial charge on any atom is -0.399 e. The van der Waals surface area contributed by atoms with E-state index in [-0.39, 0.29) is 11.5 Å². The molecule has 4 heteroatoms. The fourth-order valence-corrected chi connectivity index (χ4v) is 2.93. The van der Waals surface area contributed by atoms with Crippen molar-refractivity contribution in [3.05, 3.63) is 29.8 Å². The molecule has 0 aromatic heterocycles. The van der Waals surface area contributed by atoms with E-state index in [1.165, 1.54) is 0 Å². The first kappa shape index (κ1) is 12.0. The van der Waals surface area contributed by atoms with Crippen LogP contribution in [0.3, 0.4) is 0 Å². The molecule has 1 rings (SSSR count). The molecule has 0 aliphatic carbocycles. The van der Waals surface area contributed by atoms with Gasteiger partial charge in [-0.05, 0) is 24.1 Å². The van der Waals surface area contributed by atoms with E-state index in [2.05, 4.69) is 0 Å². The Labute approximate surface area is 91.2 Å². The van der Waals surface area contributed by atoms with Crippen molar-refractivity contribution in [3.8, 4) is 0 Å². The van der Waals surface area contributed by atoms with Crippen molar-refractivity contribution in [2.24, 2.45) is 0 Å². The predicted octanol–water partition coefficient (Wildman–Crippen LogP) is 1.98. The maximum absolute atomic E-state index is 11.6. The largest absolute Gasteiger partial charge is 0.399 e. The number of anilines is 1. The van der Waals surface area contributed by atoms with E-state index in [9.17, 15) is 8.42 Å². The number of unbranched alkanes of at least 4 members (excludes halogenated alkanes) is 1. The van der Waals surface area contributed by atoms with E-state index < -0.39 is 9.84 Å². The van der Waals surface area contributed by atoms with Gasteiger partial charge >= 0.3 is 0 Å². The number of rotatable bonds is 5. The first-order valence-electron chi connectivity index (χ1n) is 5.08. The zero-order chi connectivity index (χ0) is 11.3. The maximum atomic E-state index is 11.6. The zero-order valence-electron chi connectivity index (χ0n) is 8.94. The molecule has 0 saturated carbocycles. The zero-order valence-corrected chi connectivity index (χ0v) is 9.76. The van der Waals surface area contributed by atoms with Gasteiger partial charge in [-0.2, -0.15) is 0 Å². The van der Waals surface area contributed by atoms with Crippen LogP contribution in [0.15, 0.2) is 24.3 Å². The number of sulfone groups is 1. The van der Waals surface area contributed by atoms with E-state index in [0.29, 0.717) is 5.69 Å². The molecule has 0 saturated heterocycles. The van der Waals surface area contributed by atoms with Gasteiger partial charge < -0.3 is 5.73 Å². The summed E-state index contributed by atoms with van der Waals surface area (Å²) < 4.78 is 23.3. The average molecular weight is 227 g/mol. The quantitative estimate of drug-likeness (QED) is 0.782. The molecule has 0 radical (unpaired) electrons. The van der Waals surface area contributed by atoms with Gasteiger partial charge in [0.05, 0.1) is 11.5 Å². The third kappa shape index (κ3) is 4.34. The van der Waals surface area contributed by atoms with E-state index in [4.69, 9.17) is 5.73 Å². The summed E-state index contributed by atoms with van der Waals surface area (Å²) in [6, 6.07) is 7.03. The van der Waals surface area contributed by atoms with Gasteiger partial charge in [0.1, 0.15) is 0 Å². The van der Waals surface area contributed by atoms with E-state index in [1.807, 2.05) is 6.92 Å². The smallest absolute Gasteiger partial charge is 0.154 e. The third-order valence-electron chi connectivity index (χ3n) is 2.15. The van der Waals surface area contributed by atoms with Crippen molar-refractivity contribution in [1.82, 2.24) is 0 Å². The number of nitrogens with two attached hydrogens (primary N) is 1. The minimum absolute atomic E-state index is 0.0953. The lowest BCUT2D eigenvalue weighted by Gasteiger charge is -2.04. The van der Waals surface area contributed by atoms with Crippen molar-refractivity contribution in [2.75, 3.05) is 11.5 Å². The highest BCUT2D eigenvalue weighted by Crippen LogP contribution is 2.11. The lowest BCUT2D eigenvalue weighted by atomic mass is 10.2. The number of benzene rings is 1.